The molecule has 1 fully saturated rings. The van der Waals surface area contributed by atoms with E-state index >= 15 is 0 Å². The van der Waals surface area contributed by atoms with Crippen molar-refractivity contribution in [3.63, 3.8) is 0 Å². The SMILES string of the molecule is CN(Cc1cccc(OCCNC(=O)[C@H]2CCCCCN2C)c1)Cc1cccc2cccnc12. The summed E-state index contributed by atoms with van der Waals surface area (Å²) in [6.45, 7) is 3.60. The molecule has 0 radical (unpaired) electrons. The molecular weight excluding hydrogens is 424 g/mol. The number of nitrogens with one attached hydrogen (secondary N) is 1. The van der Waals surface area contributed by atoms with Crippen LogP contribution in [0.25, 0.3) is 10.9 Å². The summed E-state index contributed by atoms with van der Waals surface area (Å²) in [5.74, 6) is 0.949. The number of benzene rings is 2. The van der Waals surface area contributed by atoms with Crippen molar-refractivity contribution >= 4 is 16.8 Å². The van der Waals surface area contributed by atoms with Gasteiger partial charge >= 0.3 is 0 Å². The Morgan fingerprint density at radius 1 is 1.12 bits per heavy atom. The van der Waals surface area contributed by atoms with E-state index in [4.69, 9.17) is 4.74 Å². The molecule has 34 heavy (non-hydrogen) atoms. The van der Waals surface area contributed by atoms with Crippen LogP contribution in [0.4, 0.5) is 0 Å². The Kier molecular flexibility index (Phi) is 8.50. The van der Waals surface area contributed by atoms with Crippen molar-refractivity contribution in [3.8, 4) is 5.75 Å². The Bertz CT molecular complexity index is 1080. The van der Waals surface area contributed by atoms with Crippen molar-refractivity contribution in [1.82, 2.24) is 20.1 Å². The lowest BCUT2D eigenvalue weighted by atomic mass is 10.1. The largest absolute Gasteiger partial charge is 0.492 e. The normalized spacial score (nSPS) is 17.0. The number of fused-ring (bicyclic) bond motifs is 1. The van der Waals surface area contributed by atoms with E-state index in [9.17, 15) is 4.79 Å². The fraction of sp³-hybridized carbons (Fsp3) is 0.429. The first-order chi connectivity index (χ1) is 16.6. The van der Waals surface area contributed by atoms with Crippen LogP contribution in [0.1, 0.15) is 36.8 Å². The average molecular weight is 461 g/mol. The minimum absolute atomic E-state index is 0.0155. The molecule has 1 atom stereocenters. The molecule has 0 unspecified atom stereocenters. The molecule has 1 aliphatic rings. The van der Waals surface area contributed by atoms with Gasteiger partial charge in [0.25, 0.3) is 0 Å². The second kappa shape index (κ2) is 12.0. The molecule has 1 aliphatic heterocycles. The number of amides is 1. The first-order valence-corrected chi connectivity index (χ1v) is 12.3. The van der Waals surface area contributed by atoms with E-state index in [-0.39, 0.29) is 11.9 Å². The minimum atomic E-state index is -0.0155. The van der Waals surface area contributed by atoms with Crippen LogP contribution in [0.15, 0.2) is 60.8 Å². The monoisotopic (exact) mass is 460 g/mol. The maximum Gasteiger partial charge on any atom is 0.237 e. The maximum atomic E-state index is 12.6. The lowest BCUT2D eigenvalue weighted by Crippen LogP contribution is -2.45. The lowest BCUT2D eigenvalue weighted by molar-refractivity contribution is -0.126. The quantitative estimate of drug-likeness (QED) is 0.484. The van der Waals surface area contributed by atoms with E-state index in [2.05, 4.69) is 63.5 Å². The van der Waals surface area contributed by atoms with Gasteiger partial charge in [0.1, 0.15) is 12.4 Å². The van der Waals surface area contributed by atoms with Crippen LogP contribution in [0.5, 0.6) is 5.75 Å². The Morgan fingerprint density at radius 2 is 1.97 bits per heavy atom. The molecule has 0 aliphatic carbocycles. The van der Waals surface area contributed by atoms with Crippen molar-refractivity contribution in [3.05, 3.63) is 71.9 Å². The number of ether oxygens (including phenoxy) is 1. The van der Waals surface area contributed by atoms with Crippen LogP contribution < -0.4 is 10.1 Å². The van der Waals surface area contributed by atoms with Gasteiger partial charge in [0, 0.05) is 24.7 Å². The summed E-state index contributed by atoms with van der Waals surface area (Å²) in [6, 6.07) is 18.6. The Hall–Kier alpha value is -2.96. The number of nitrogens with zero attached hydrogens (tertiary/aromatic N) is 3. The molecule has 1 N–H and O–H groups in total. The Balaban J connectivity index is 1.25. The molecule has 0 bridgehead atoms. The molecule has 1 saturated heterocycles. The summed E-state index contributed by atoms with van der Waals surface area (Å²) < 4.78 is 5.94. The number of hydrogen-bond donors (Lipinski definition) is 1. The van der Waals surface area contributed by atoms with Gasteiger partial charge < -0.3 is 10.1 Å². The highest BCUT2D eigenvalue weighted by atomic mass is 16.5. The van der Waals surface area contributed by atoms with E-state index < -0.39 is 0 Å². The lowest BCUT2D eigenvalue weighted by Gasteiger charge is -2.24. The molecule has 4 rings (SSSR count). The van der Waals surface area contributed by atoms with E-state index in [1.165, 1.54) is 29.4 Å². The molecule has 3 aromatic rings. The van der Waals surface area contributed by atoms with Crippen molar-refractivity contribution in [2.24, 2.45) is 0 Å². The summed E-state index contributed by atoms with van der Waals surface area (Å²) in [4.78, 5) is 21.6. The third-order valence-electron chi connectivity index (χ3n) is 6.50. The van der Waals surface area contributed by atoms with Gasteiger partial charge in [-0.25, -0.2) is 0 Å². The minimum Gasteiger partial charge on any atom is -0.492 e. The number of carbonyl (C=O) groups is 1. The van der Waals surface area contributed by atoms with E-state index in [1.807, 2.05) is 31.4 Å². The highest BCUT2D eigenvalue weighted by Gasteiger charge is 2.24. The van der Waals surface area contributed by atoms with Crippen LogP contribution >= 0.6 is 0 Å². The maximum absolute atomic E-state index is 12.6. The fourth-order valence-electron chi connectivity index (χ4n) is 4.73. The van der Waals surface area contributed by atoms with Crippen LogP contribution in [-0.2, 0) is 17.9 Å². The molecule has 0 spiro atoms. The van der Waals surface area contributed by atoms with Crippen molar-refractivity contribution in [1.29, 1.82) is 0 Å². The zero-order chi connectivity index (χ0) is 23.8. The third-order valence-corrected chi connectivity index (χ3v) is 6.50. The Morgan fingerprint density at radius 3 is 2.88 bits per heavy atom. The molecule has 6 heteroatoms. The summed E-state index contributed by atoms with van der Waals surface area (Å²) in [7, 11) is 4.17. The predicted molar refractivity (Wildman–Crippen MR) is 137 cm³/mol. The van der Waals surface area contributed by atoms with Gasteiger partial charge in [-0.3, -0.25) is 19.6 Å². The number of pyridine rings is 1. The summed E-state index contributed by atoms with van der Waals surface area (Å²) >= 11 is 0. The van der Waals surface area contributed by atoms with Crippen molar-refractivity contribution < 1.29 is 9.53 Å². The highest BCUT2D eigenvalue weighted by Crippen LogP contribution is 2.20. The molecule has 0 saturated carbocycles. The first kappa shape index (κ1) is 24.2. The molecule has 1 aromatic heterocycles. The van der Waals surface area contributed by atoms with Gasteiger partial charge in [0.15, 0.2) is 0 Å². The second-order valence-corrected chi connectivity index (χ2v) is 9.30. The van der Waals surface area contributed by atoms with E-state index in [0.717, 1.165) is 43.7 Å². The van der Waals surface area contributed by atoms with Gasteiger partial charge in [-0.1, -0.05) is 49.2 Å². The number of hydrogen-bond acceptors (Lipinski definition) is 5. The molecule has 2 aromatic carbocycles. The summed E-state index contributed by atoms with van der Waals surface area (Å²) in [5, 5.41) is 4.22. The Labute approximate surface area is 202 Å². The number of rotatable bonds is 9. The van der Waals surface area contributed by atoms with Crippen molar-refractivity contribution in [2.45, 2.75) is 44.8 Å². The van der Waals surface area contributed by atoms with Gasteiger partial charge in [-0.05, 0) is 62.8 Å². The molecular formula is C28H36N4O2. The molecule has 180 valence electrons. The van der Waals surface area contributed by atoms with E-state index in [1.54, 1.807) is 0 Å². The number of carbonyl (C=O) groups excluding carboxylic acids is 1. The van der Waals surface area contributed by atoms with Gasteiger partial charge in [0.05, 0.1) is 18.1 Å². The van der Waals surface area contributed by atoms with Crippen LogP contribution in [-0.4, -0.2) is 60.5 Å². The van der Waals surface area contributed by atoms with Gasteiger partial charge in [0.2, 0.25) is 5.91 Å². The molecule has 1 amide bonds. The predicted octanol–water partition coefficient (Wildman–Crippen LogP) is 4.24. The number of aromatic nitrogens is 1. The standard InChI is InChI=1S/C28H36N4O2/c1-31(21-24-11-7-10-23-12-8-15-29-27(23)24)20-22-9-6-13-25(19-22)34-18-16-30-28(33)26-14-4-3-5-17-32(26)2/h6-13,15,19,26H,3-5,14,16-18,20-21H2,1-2H3,(H,30,33)/t26-/m1/s1. The zero-order valence-electron chi connectivity index (χ0n) is 20.4. The topological polar surface area (TPSA) is 57.7 Å². The average Bonchev–Trinajstić information content (AvgIpc) is 3.06. The van der Waals surface area contributed by atoms with E-state index in [0.29, 0.717) is 13.2 Å². The smallest absolute Gasteiger partial charge is 0.237 e. The third kappa shape index (κ3) is 6.55. The second-order valence-electron chi connectivity index (χ2n) is 9.30. The van der Waals surface area contributed by atoms with Crippen LogP contribution in [0, 0.1) is 0 Å². The molecule has 2 heterocycles. The number of likely N-dealkylation sites (N-methyl/N-ethyl adjacent to an activating group) is 1. The van der Waals surface area contributed by atoms with Crippen molar-refractivity contribution in [2.75, 3.05) is 33.8 Å². The fourth-order valence-corrected chi connectivity index (χ4v) is 4.73. The zero-order valence-corrected chi connectivity index (χ0v) is 20.4. The van der Waals surface area contributed by atoms with Gasteiger partial charge in [-0.2, -0.15) is 0 Å². The summed E-state index contributed by atoms with van der Waals surface area (Å²) in [6.07, 6.45) is 6.30. The highest BCUT2D eigenvalue weighted by molar-refractivity contribution is 5.82. The molecule has 6 nitrogen and oxygen atoms in total. The van der Waals surface area contributed by atoms with Crippen LogP contribution in [0.2, 0.25) is 0 Å². The van der Waals surface area contributed by atoms with Gasteiger partial charge in [-0.15, -0.1) is 0 Å². The van der Waals surface area contributed by atoms with Crippen LogP contribution in [0.3, 0.4) is 0 Å². The first-order valence-electron chi connectivity index (χ1n) is 12.3. The summed E-state index contributed by atoms with van der Waals surface area (Å²) in [5.41, 5.74) is 3.48. The number of para-hydroxylation sites is 1. The number of likely N-dealkylation sites (tertiary alicyclic amines) is 1.